The molecule has 0 saturated carbocycles. The van der Waals surface area contributed by atoms with Crippen molar-refractivity contribution in [3.63, 3.8) is 0 Å². The highest BCUT2D eigenvalue weighted by Gasteiger charge is 2.08. The highest BCUT2D eigenvalue weighted by Crippen LogP contribution is 2.17. The third-order valence-corrected chi connectivity index (χ3v) is 3.75. The summed E-state index contributed by atoms with van der Waals surface area (Å²) in [6.45, 7) is 3.21. The smallest absolute Gasteiger partial charge is 0.252 e. The summed E-state index contributed by atoms with van der Waals surface area (Å²) in [5.41, 5.74) is 3.39. The van der Waals surface area contributed by atoms with Crippen LogP contribution in [0.3, 0.4) is 0 Å². The number of H-pyrrole nitrogens is 2. The van der Waals surface area contributed by atoms with Crippen LogP contribution in [0.1, 0.15) is 17.0 Å². The maximum atomic E-state index is 12.2. The van der Waals surface area contributed by atoms with Crippen LogP contribution in [0.15, 0.2) is 35.1 Å². The Morgan fingerprint density at radius 1 is 1.23 bits per heavy atom. The molecule has 5 nitrogen and oxygen atoms in total. The second kappa shape index (κ2) is 5.94. The van der Waals surface area contributed by atoms with Crippen LogP contribution in [-0.4, -0.2) is 27.1 Å². The van der Waals surface area contributed by atoms with E-state index >= 15 is 0 Å². The van der Waals surface area contributed by atoms with Gasteiger partial charge in [0, 0.05) is 34.9 Å². The Kier molecular flexibility index (Phi) is 4.00. The molecule has 0 aliphatic rings. The summed E-state index contributed by atoms with van der Waals surface area (Å²) >= 11 is 5.95. The minimum Gasteiger partial charge on any atom is -0.322 e. The Labute approximate surface area is 132 Å². The lowest BCUT2D eigenvalue weighted by Crippen LogP contribution is -2.23. The van der Waals surface area contributed by atoms with Gasteiger partial charge in [-0.15, -0.1) is 0 Å². The molecular formula is C16H17ClN4O. The van der Waals surface area contributed by atoms with Crippen molar-refractivity contribution in [1.82, 2.24) is 20.1 Å². The molecule has 114 valence electrons. The van der Waals surface area contributed by atoms with Crippen molar-refractivity contribution in [3.8, 4) is 0 Å². The van der Waals surface area contributed by atoms with E-state index in [-0.39, 0.29) is 5.56 Å². The van der Waals surface area contributed by atoms with Gasteiger partial charge in [0.25, 0.3) is 5.56 Å². The van der Waals surface area contributed by atoms with E-state index in [1.54, 1.807) is 6.07 Å². The minimum absolute atomic E-state index is 0.0835. The van der Waals surface area contributed by atoms with Crippen molar-refractivity contribution >= 4 is 22.5 Å². The summed E-state index contributed by atoms with van der Waals surface area (Å²) in [6, 6.07) is 9.41. The predicted molar refractivity (Wildman–Crippen MR) is 88.1 cm³/mol. The van der Waals surface area contributed by atoms with Crippen LogP contribution in [0.5, 0.6) is 0 Å². The summed E-state index contributed by atoms with van der Waals surface area (Å²) in [6.07, 6.45) is 0. The van der Waals surface area contributed by atoms with Gasteiger partial charge < -0.3 is 4.98 Å². The zero-order chi connectivity index (χ0) is 15.7. The van der Waals surface area contributed by atoms with E-state index in [2.05, 4.69) is 20.1 Å². The van der Waals surface area contributed by atoms with Gasteiger partial charge in [0.2, 0.25) is 0 Å². The van der Waals surface area contributed by atoms with Crippen molar-refractivity contribution in [2.24, 2.45) is 0 Å². The Balaban J connectivity index is 1.82. The van der Waals surface area contributed by atoms with Crippen LogP contribution >= 0.6 is 11.6 Å². The van der Waals surface area contributed by atoms with Crippen molar-refractivity contribution in [2.75, 3.05) is 7.05 Å². The molecule has 0 aliphatic carbocycles. The number of aromatic nitrogens is 3. The molecule has 22 heavy (non-hydrogen) atoms. The number of benzene rings is 1. The lowest BCUT2D eigenvalue weighted by atomic mass is 10.1. The fourth-order valence-corrected chi connectivity index (χ4v) is 2.69. The van der Waals surface area contributed by atoms with Gasteiger partial charge in [-0.05, 0) is 43.6 Å². The first-order chi connectivity index (χ1) is 10.5. The molecule has 2 heterocycles. The highest BCUT2D eigenvalue weighted by molar-refractivity contribution is 6.31. The van der Waals surface area contributed by atoms with E-state index in [1.807, 2.05) is 38.2 Å². The topological polar surface area (TPSA) is 64.8 Å². The Bertz CT molecular complexity index is 868. The lowest BCUT2D eigenvalue weighted by Gasteiger charge is -2.15. The average Bonchev–Trinajstić information content (AvgIpc) is 2.85. The van der Waals surface area contributed by atoms with E-state index in [0.717, 1.165) is 27.9 Å². The summed E-state index contributed by atoms with van der Waals surface area (Å²) in [5, 5.41) is 8.72. The molecule has 3 aromatic rings. The third kappa shape index (κ3) is 3.21. The predicted octanol–water partition coefficient (Wildman–Crippen LogP) is 2.85. The SMILES string of the molecule is Cc1cc(CN(C)Cc2cc3ccc(Cl)cc3[nH]c2=O)n[nH]1. The normalized spacial score (nSPS) is 11.5. The molecule has 6 heteroatoms. The molecule has 0 saturated heterocycles. The van der Waals surface area contributed by atoms with E-state index in [9.17, 15) is 4.79 Å². The molecule has 0 unspecified atom stereocenters. The molecule has 1 aromatic carbocycles. The summed E-state index contributed by atoms with van der Waals surface area (Å²) in [5.74, 6) is 0. The van der Waals surface area contributed by atoms with E-state index < -0.39 is 0 Å². The molecule has 2 aromatic heterocycles. The standard InChI is InChI=1S/C16H17ClN4O/c1-10-5-14(20-19-10)9-21(2)8-12-6-11-3-4-13(17)7-15(11)18-16(12)22/h3-7H,8-9H2,1-2H3,(H,18,22)(H,19,20). The third-order valence-electron chi connectivity index (χ3n) is 3.52. The first-order valence-electron chi connectivity index (χ1n) is 7.02. The maximum absolute atomic E-state index is 12.2. The molecule has 2 N–H and O–H groups in total. The average molecular weight is 317 g/mol. The Morgan fingerprint density at radius 3 is 2.77 bits per heavy atom. The van der Waals surface area contributed by atoms with Gasteiger partial charge >= 0.3 is 0 Å². The fraction of sp³-hybridized carbons (Fsp3) is 0.250. The van der Waals surface area contributed by atoms with Gasteiger partial charge in [-0.1, -0.05) is 17.7 Å². The van der Waals surface area contributed by atoms with Gasteiger partial charge in [0.05, 0.1) is 5.69 Å². The molecular weight excluding hydrogens is 300 g/mol. The quantitative estimate of drug-likeness (QED) is 0.778. The number of hydrogen-bond donors (Lipinski definition) is 2. The van der Waals surface area contributed by atoms with Gasteiger partial charge in [-0.2, -0.15) is 5.10 Å². The largest absolute Gasteiger partial charge is 0.322 e. The van der Waals surface area contributed by atoms with Crippen molar-refractivity contribution in [3.05, 3.63) is 62.7 Å². The fourth-order valence-electron chi connectivity index (χ4n) is 2.51. The zero-order valence-electron chi connectivity index (χ0n) is 12.5. The molecule has 0 spiro atoms. The number of aromatic amines is 2. The molecule has 0 amide bonds. The summed E-state index contributed by atoms with van der Waals surface area (Å²) < 4.78 is 0. The second-order valence-electron chi connectivity index (χ2n) is 5.57. The Morgan fingerprint density at radius 2 is 2.05 bits per heavy atom. The number of pyridine rings is 1. The number of nitrogens with zero attached hydrogens (tertiary/aromatic N) is 2. The van der Waals surface area contributed by atoms with E-state index in [0.29, 0.717) is 18.1 Å². The van der Waals surface area contributed by atoms with Crippen LogP contribution in [0, 0.1) is 6.92 Å². The van der Waals surface area contributed by atoms with Gasteiger partial charge in [0.15, 0.2) is 0 Å². The molecule has 3 rings (SSSR count). The van der Waals surface area contributed by atoms with Gasteiger partial charge in [0.1, 0.15) is 0 Å². The summed E-state index contributed by atoms with van der Waals surface area (Å²) in [4.78, 5) is 17.1. The van der Waals surface area contributed by atoms with Gasteiger partial charge in [-0.3, -0.25) is 14.8 Å². The zero-order valence-corrected chi connectivity index (χ0v) is 13.2. The highest BCUT2D eigenvalue weighted by atomic mass is 35.5. The number of aryl methyl sites for hydroxylation is 1. The molecule has 0 fully saturated rings. The van der Waals surface area contributed by atoms with Crippen molar-refractivity contribution < 1.29 is 0 Å². The van der Waals surface area contributed by atoms with Crippen LogP contribution in [-0.2, 0) is 13.1 Å². The van der Waals surface area contributed by atoms with Crippen LogP contribution in [0.4, 0.5) is 0 Å². The van der Waals surface area contributed by atoms with Crippen molar-refractivity contribution in [1.29, 1.82) is 0 Å². The van der Waals surface area contributed by atoms with Crippen LogP contribution in [0.25, 0.3) is 10.9 Å². The maximum Gasteiger partial charge on any atom is 0.252 e. The number of nitrogens with one attached hydrogen (secondary N) is 2. The second-order valence-corrected chi connectivity index (χ2v) is 6.01. The van der Waals surface area contributed by atoms with Crippen molar-refractivity contribution in [2.45, 2.75) is 20.0 Å². The van der Waals surface area contributed by atoms with E-state index in [4.69, 9.17) is 11.6 Å². The summed E-state index contributed by atoms with van der Waals surface area (Å²) in [7, 11) is 1.97. The van der Waals surface area contributed by atoms with Crippen LogP contribution in [0.2, 0.25) is 5.02 Å². The number of halogens is 1. The van der Waals surface area contributed by atoms with Gasteiger partial charge in [-0.25, -0.2) is 0 Å². The number of rotatable bonds is 4. The molecule has 0 atom stereocenters. The van der Waals surface area contributed by atoms with E-state index in [1.165, 1.54) is 0 Å². The lowest BCUT2D eigenvalue weighted by molar-refractivity contribution is 0.314. The first-order valence-corrected chi connectivity index (χ1v) is 7.40. The monoisotopic (exact) mass is 316 g/mol. The number of fused-ring (bicyclic) bond motifs is 1. The minimum atomic E-state index is -0.0835. The molecule has 0 aliphatic heterocycles. The molecule has 0 radical (unpaired) electrons. The van der Waals surface area contributed by atoms with Crippen LogP contribution < -0.4 is 5.56 Å². The first kappa shape index (κ1) is 14.8. The Hall–Kier alpha value is -2.11. The molecule has 0 bridgehead atoms. The number of hydrogen-bond acceptors (Lipinski definition) is 3.